The van der Waals surface area contributed by atoms with Crippen molar-refractivity contribution >= 4 is 33.2 Å². The Labute approximate surface area is 326 Å². The van der Waals surface area contributed by atoms with Crippen LogP contribution in [0, 0.1) is 0 Å². The molecule has 298 valence electrons. The number of piperidine rings is 1. The van der Waals surface area contributed by atoms with Gasteiger partial charge in [-0.05, 0) is 92.0 Å². The highest BCUT2D eigenvalue weighted by Gasteiger charge is 2.30. The van der Waals surface area contributed by atoms with Gasteiger partial charge in [0.2, 0.25) is 10.0 Å². The van der Waals surface area contributed by atoms with E-state index in [0.717, 1.165) is 68.8 Å². The highest BCUT2D eigenvalue weighted by Crippen LogP contribution is 2.34. The van der Waals surface area contributed by atoms with Crippen LogP contribution < -0.4 is 15.5 Å². The molecule has 4 aromatic rings. The van der Waals surface area contributed by atoms with Gasteiger partial charge in [-0.15, -0.1) is 0 Å². The first-order chi connectivity index (χ1) is 26.7. The second-order valence-electron chi connectivity index (χ2n) is 14.5. The van der Waals surface area contributed by atoms with Crippen LogP contribution in [0.2, 0.25) is 0 Å². The van der Waals surface area contributed by atoms with E-state index in [1.165, 1.54) is 28.9 Å². The summed E-state index contributed by atoms with van der Waals surface area (Å²) in [6, 6.07) is 21.3. The molecule has 3 aromatic carbocycles. The van der Waals surface area contributed by atoms with E-state index in [2.05, 4.69) is 30.3 Å². The van der Waals surface area contributed by atoms with E-state index in [1.807, 2.05) is 43.4 Å². The van der Waals surface area contributed by atoms with Crippen LogP contribution in [-0.4, -0.2) is 105 Å². The average Bonchev–Trinajstić information content (AvgIpc) is 3.19. The van der Waals surface area contributed by atoms with Crippen molar-refractivity contribution in [2.75, 3.05) is 75.9 Å². The first kappa shape index (κ1) is 40.8. The average molecular weight is 792 g/mol. The molecule has 6 rings (SSSR count). The Morgan fingerprint density at radius 1 is 0.821 bits per heavy atom. The Kier molecular flexibility index (Phi) is 13.1. The van der Waals surface area contributed by atoms with Crippen molar-refractivity contribution in [3.8, 4) is 11.3 Å². The molecule has 2 fully saturated rings. The van der Waals surface area contributed by atoms with Crippen molar-refractivity contribution in [1.82, 2.24) is 24.4 Å². The SMILES string of the molecule is CN(CCN1CCN(S(C)(=O)=O)CC1)Cc1cccc(C(=O)Nc2ccc(N3CCCCC3)cc2-c2cc(C(=O)NCc3cccc(C(F)(F)F)c3)ccn2)c1. The van der Waals surface area contributed by atoms with Crippen LogP contribution in [0.15, 0.2) is 85.1 Å². The minimum Gasteiger partial charge on any atom is -0.372 e. The standard InChI is InChI=1S/C41H48F3N7O4S/c1-48(18-19-49-20-22-51(23-21-49)56(2,54)55)29-31-9-6-10-32(24-31)40(53)47-37-13-12-35(50-16-4-3-5-17-50)27-36(37)38-26-33(14-15-45-38)39(52)46-28-30-8-7-11-34(25-30)41(42,43)44/h6-15,24-27H,3-5,16-23,28-29H2,1-2H3,(H,46,52)(H,47,53). The highest BCUT2D eigenvalue weighted by atomic mass is 32.2. The Balaban J connectivity index is 1.15. The zero-order valence-electron chi connectivity index (χ0n) is 31.7. The molecule has 15 heteroatoms. The number of hydrogen-bond acceptors (Lipinski definition) is 8. The highest BCUT2D eigenvalue weighted by molar-refractivity contribution is 7.88. The third-order valence-corrected chi connectivity index (χ3v) is 11.5. The monoisotopic (exact) mass is 791 g/mol. The Morgan fingerprint density at radius 3 is 2.27 bits per heavy atom. The lowest BCUT2D eigenvalue weighted by Gasteiger charge is -2.34. The molecule has 0 atom stereocenters. The molecule has 11 nitrogen and oxygen atoms in total. The molecule has 3 heterocycles. The van der Waals surface area contributed by atoms with Gasteiger partial charge in [-0.2, -0.15) is 17.5 Å². The van der Waals surface area contributed by atoms with Gasteiger partial charge in [-0.25, -0.2) is 8.42 Å². The van der Waals surface area contributed by atoms with Crippen molar-refractivity contribution in [1.29, 1.82) is 0 Å². The molecule has 0 unspecified atom stereocenters. The van der Waals surface area contributed by atoms with Gasteiger partial charge < -0.3 is 20.4 Å². The first-order valence-electron chi connectivity index (χ1n) is 18.8. The molecule has 0 radical (unpaired) electrons. The van der Waals surface area contributed by atoms with Gasteiger partial charge in [0.15, 0.2) is 0 Å². The number of hydrogen-bond donors (Lipinski definition) is 2. The topological polar surface area (TPSA) is 118 Å². The molecule has 2 saturated heterocycles. The lowest BCUT2D eigenvalue weighted by atomic mass is 10.0. The summed E-state index contributed by atoms with van der Waals surface area (Å²) >= 11 is 0. The molecule has 2 N–H and O–H groups in total. The van der Waals surface area contributed by atoms with Crippen LogP contribution in [0.1, 0.15) is 56.7 Å². The van der Waals surface area contributed by atoms with Crippen molar-refractivity contribution in [3.63, 3.8) is 0 Å². The van der Waals surface area contributed by atoms with Crippen LogP contribution in [0.5, 0.6) is 0 Å². The summed E-state index contributed by atoms with van der Waals surface area (Å²) in [6.45, 7) is 6.27. The summed E-state index contributed by atoms with van der Waals surface area (Å²) in [4.78, 5) is 38.3. The van der Waals surface area contributed by atoms with E-state index in [0.29, 0.717) is 60.8 Å². The van der Waals surface area contributed by atoms with Crippen molar-refractivity contribution in [3.05, 3.63) is 113 Å². The number of sulfonamides is 1. The van der Waals surface area contributed by atoms with Crippen LogP contribution >= 0.6 is 0 Å². The van der Waals surface area contributed by atoms with Gasteiger partial charge in [-0.1, -0.05) is 24.3 Å². The van der Waals surface area contributed by atoms with E-state index in [1.54, 1.807) is 18.2 Å². The van der Waals surface area contributed by atoms with Gasteiger partial charge in [0.25, 0.3) is 11.8 Å². The van der Waals surface area contributed by atoms with Crippen molar-refractivity contribution in [2.45, 2.75) is 38.5 Å². The number of rotatable bonds is 13. The Morgan fingerprint density at radius 2 is 1.54 bits per heavy atom. The van der Waals surface area contributed by atoms with Gasteiger partial charge in [0.1, 0.15) is 0 Å². The maximum atomic E-state index is 13.8. The third-order valence-electron chi connectivity index (χ3n) is 10.2. The van der Waals surface area contributed by atoms with E-state index in [-0.39, 0.29) is 18.0 Å². The first-order valence-corrected chi connectivity index (χ1v) is 20.6. The van der Waals surface area contributed by atoms with Crippen molar-refractivity contribution < 1.29 is 31.2 Å². The molecule has 1 aromatic heterocycles. The van der Waals surface area contributed by atoms with Gasteiger partial charge in [-0.3, -0.25) is 19.5 Å². The number of aromatic nitrogens is 1. The Bertz CT molecular complexity index is 2120. The molecule has 0 saturated carbocycles. The number of pyridine rings is 1. The van der Waals surface area contributed by atoms with E-state index in [4.69, 9.17) is 0 Å². The maximum absolute atomic E-state index is 13.8. The number of benzene rings is 3. The fraction of sp³-hybridized carbons (Fsp3) is 0.390. The van der Waals surface area contributed by atoms with E-state index < -0.39 is 27.7 Å². The van der Waals surface area contributed by atoms with E-state index >= 15 is 0 Å². The molecule has 56 heavy (non-hydrogen) atoms. The third kappa shape index (κ3) is 10.9. The lowest BCUT2D eigenvalue weighted by Crippen LogP contribution is -2.49. The maximum Gasteiger partial charge on any atom is 0.416 e. The number of alkyl halides is 3. The molecule has 2 aliphatic heterocycles. The normalized spacial score (nSPS) is 15.9. The number of amides is 2. The number of piperazine rings is 1. The summed E-state index contributed by atoms with van der Waals surface area (Å²) in [7, 11) is -1.16. The number of nitrogens with one attached hydrogen (secondary N) is 2. The number of halogens is 3. The van der Waals surface area contributed by atoms with Gasteiger partial charge in [0, 0.05) is 94.0 Å². The van der Waals surface area contributed by atoms with Crippen LogP contribution in [0.4, 0.5) is 24.5 Å². The fourth-order valence-electron chi connectivity index (χ4n) is 7.06. The summed E-state index contributed by atoms with van der Waals surface area (Å²) < 4.78 is 64.9. The predicted molar refractivity (Wildman–Crippen MR) is 212 cm³/mol. The number of likely N-dealkylation sites (N-methyl/N-ethyl adjacent to an activating group) is 1. The molecular formula is C41H48F3N7O4S. The summed E-state index contributed by atoms with van der Waals surface area (Å²) in [5.74, 6) is -0.777. The minimum absolute atomic E-state index is 0.0916. The van der Waals surface area contributed by atoms with E-state index in [9.17, 15) is 31.2 Å². The quantitative estimate of drug-likeness (QED) is 0.171. The summed E-state index contributed by atoms with van der Waals surface area (Å²) in [5.41, 5.74) is 3.83. The lowest BCUT2D eigenvalue weighted by molar-refractivity contribution is -0.137. The zero-order valence-corrected chi connectivity index (χ0v) is 32.5. The number of carbonyl (C=O) groups excluding carboxylic acids is 2. The molecule has 0 spiro atoms. The number of nitrogens with zero attached hydrogens (tertiary/aromatic N) is 5. The largest absolute Gasteiger partial charge is 0.416 e. The fourth-order valence-corrected chi connectivity index (χ4v) is 7.88. The number of carbonyl (C=O) groups is 2. The second kappa shape index (κ2) is 18.0. The van der Waals surface area contributed by atoms with Gasteiger partial charge >= 0.3 is 6.18 Å². The van der Waals surface area contributed by atoms with Crippen LogP contribution in [0.3, 0.4) is 0 Å². The molecular weight excluding hydrogens is 744 g/mol. The molecule has 0 aliphatic carbocycles. The smallest absolute Gasteiger partial charge is 0.372 e. The van der Waals surface area contributed by atoms with Crippen molar-refractivity contribution in [2.24, 2.45) is 0 Å². The van der Waals surface area contributed by atoms with Gasteiger partial charge in [0.05, 0.1) is 23.2 Å². The minimum atomic E-state index is -4.49. The zero-order chi connectivity index (χ0) is 39.9. The predicted octanol–water partition coefficient (Wildman–Crippen LogP) is 5.95. The van der Waals surface area contributed by atoms with Crippen LogP contribution in [0.25, 0.3) is 11.3 Å². The Hall–Kier alpha value is -4.83. The molecule has 2 amide bonds. The molecule has 2 aliphatic rings. The number of anilines is 2. The summed E-state index contributed by atoms with van der Waals surface area (Å²) in [5, 5.41) is 5.79. The summed E-state index contributed by atoms with van der Waals surface area (Å²) in [6.07, 6.45) is 1.56. The second-order valence-corrected chi connectivity index (χ2v) is 16.5. The van der Waals surface area contributed by atoms with Crippen LogP contribution in [-0.2, 0) is 29.3 Å². The molecule has 0 bridgehead atoms.